The lowest BCUT2D eigenvalue weighted by Crippen LogP contribution is -2.59. The number of aryl methyl sites for hydroxylation is 1. The highest BCUT2D eigenvalue weighted by molar-refractivity contribution is 5.88. The van der Waals surface area contributed by atoms with E-state index < -0.39 is 6.04 Å². The molecule has 2 amide bonds. The van der Waals surface area contributed by atoms with Gasteiger partial charge in [0.15, 0.2) is 0 Å². The molecule has 28 heavy (non-hydrogen) atoms. The molecule has 148 valence electrons. The highest BCUT2D eigenvalue weighted by Gasteiger charge is 2.38. The van der Waals surface area contributed by atoms with Crippen LogP contribution in [-0.2, 0) is 29.0 Å². The molecule has 1 aromatic carbocycles. The second-order valence-electron chi connectivity index (χ2n) is 7.84. The number of fused-ring (bicyclic) bond motifs is 1. The highest BCUT2D eigenvalue weighted by Crippen LogP contribution is 2.28. The first kappa shape index (κ1) is 18.7. The maximum atomic E-state index is 12.8. The van der Waals surface area contributed by atoms with Crippen molar-refractivity contribution in [2.75, 3.05) is 20.1 Å². The molecule has 1 aliphatic carbocycles. The van der Waals surface area contributed by atoms with Gasteiger partial charge in [-0.15, -0.1) is 0 Å². The molecular weight excluding hydrogens is 354 g/mol. The summed E-state index contributed by atoms with van der Waals surface area (Å²) in [6.45, 7) is 3.76. The summed E-state index contributed by atoms with van der Waals surface area (Å²) in [7, 11) is 1.76. The number of rotatable bonds is 5. The van der Waals surface area contributed by atoms with Crippen molar-refractivity contribution in [1.82, 2.24) is 25.1 Å². The van der Waals surface area contributed by atoms with Gasteiger partial charge in [-0.05, 0) is 30.9 Å². The molecule has 7 heteroatoms. The molecule has 1 aliphatic heterocycles. The molecule has 0 saturated carbocycles. The maximum Gasteiger partial charge on any atom is 0.237 e. The topological polar surface area (TPSA) is 81.3 Å². The van der Waals surface area contributed by atoms with Crippen molar-refractivity contribution >= 4 is 11.8 Å². The lowest BCUT2D eigenvalue weighted by atomic mass is 10.0. The SMILES string of the molecule is Cc1cnc(CN(C)C(=O)CC2C(=O)NCCN2C2Cc3ccccc3C2)[nH]1. The van der Waals surface area contributed by atoms with Crippen LogP contribution in [0.4, 0.5) is 0 Å². The van der Waals surface area contributed by atoms with E-state index in [4.69, 9.17) is 0 Å². The molecule has 1 fully saturated rings. The fraction of sp³-hybridized carbons (Fsp3) is 0.476. The zero-order chi connectivity index (χ0) is 19.7. The van der Waals surface area contributed by atoms with Crippen molar-refractivity contribution < 1.29 is 9.59 Å². The van der Waals surface area contributed by atoms with E-state index in [9.17, 15) is 9.59 Å². The number of H-pyrrole nitrogens is 1. The third-order valence-electron chi connectivity index (χ3n) is 5.81. The maximum absolute atomic E-state index is 12.8. The van der Waals surface area contributed by atoms with Gasteiger partial charge in [0.1, 0.15) is 5.82 Å². The van der Waals surface area contributed by atoms with Crippen LogP contribution in [0.5, 0.6) is 0 Å². The second-order valence-corrected chi connectivity index (χ2v) is 7.84. The van der Waals surface area contributed by atoms with Gasteiger partial charge >= 0.3 is 0 Å². The van der Waals surface area contributed by atoms with Crippen LogP contribution < -0.4 is 5.32 Å². The molecule has 2 N–H and O–H groups in total. The predicted octanol–water partition coefficient (Wildman–Crippen LogP) is 1.03. The van der Waals surface area contributed by atoms with Gasteiger partial charge in [-0.1, -0.05) is 24.3 Å². The Bertz CT molecular complexity index is 852. The van der Waals surface area contributed by atoms with Gasteiger partial charge in [-0.25, -0.2) is 4.98 Å². The molecule has 2 aromatic rings. The minimum atomic E-state index is -0.415. The Balaban J connectivity index is 1.43. The van der Waals surface area contributed by atoms with Crippen molar-refractivity contribution in [1.29, 1.82) is 0 Å². The smallest absolute Gasteiger partial charge is 0.237 e. The number of nitrogens with zero attached hydrogens (tertiary/aromatic N) is 3. The Labute approximate surface area is 165 Å². The first-order chi connectivity index (χ1) is 13.5. The summed E-state index contributed by atoms with van der Waals surface area (Å²) in [6.07, 6.45) is 3.82. The Morgan fingerprint density at radius 1 is 1.29 bits per heavy atom. The Hall–Kier alpha value is -2.67. The van der Waals surface area contributed by atoms with E-state index in [1.807, 2.05) is 6.92 Å². The van der Waals surface area contributed by atoms with Crippen LogP contribution in [-0.4, -0.2) is 63.8 Å². The average Bonchev–Trinajstić information content (AvgIpc) is 3.29. The molecule has 2 aliphatic rings. The molecule has 0 radical (unpaired) electrons. The summed E-state index contributed by atoms with van der Waals surface area (Å²) < 4.78 is 0. The number of benzene rings is 1. The van der Waals surface area contributed by atoms with Gasteiger partial charge in [0.25, 0.3) is 0 Å². The third kappa shape index (κ3) is 3.80. The van der Waals surface area contributed by atoms with Gasteiger partial charge in [0.05, 0.1) is 19.0 Å². The van der Waals surface area contributed by atoms with Crippen molar-refractivity contribution in [2.45, 2.75) is 44.8 Å². The first-order valence-electron chi connectivity index (χ1n) is 9.86. The van der Waals surface area contributed by atoms with Gasteiger partial charge in [-0.2, -0.15) is 0 Å². The number of aromatic nitrogens is 2. The van der Waals surface area contributed by atoms with Gasteiger partial charge in [0, 0.05) is 38.1 Å². The lowest BCUT2D eigenvalue weighted by Gasteiger charge is -2.39. The molecule has 1 unspecified atom stereocenters. The highest BCUT2D eigenvalue weighted by atomic mass is 16.2. The minimum absolute atomic E-state index is 0.0437. The molecule has 0 spiro atoms. The molecule has 1 atom stereocenters. The van der Waals surface area contributed by atoms with Gasteiger partial charge in [-0.3, -0.25) is 14.5 Å². The quantitative estimate of drug-likeness (QED) is 0.811. The summed E-state index contributed by atoms with van der Waals surface area (Å²) in [4.78, 5) is 36.7. The van der Waals surface area contributed by atoms with E-state index in [0.29, 0.717) is 13.1 Å². The Morgan fingerprint density at radius 2 is 2.00 bits per heavy atom. The minimum Gasteiger partial charge on any atom is -0.353 e. The van der Waals surface area contributed by atoms with Crippen LogP contribution in [0.2, 0.25) is 0 Å². The number of carbonyl (C=O) groups is 2. The van der Waals surface area contributed by atoms with Crippen LogP contribution in [0, 0.1) is 6.92 Å². The number of imidazole rings is 1. The van der Waals surface area contributed by atoms with Crippen LogP contribution in [0.25, 0.3) is 0 Å². The Morgan fingerprint density at radius 3 is 2.64 bits per heavy atom. The molecular formula is C21H27N5O2. The zero-order valence-electron chi connectivity index (χ0n) is 16.4. The van der Waals surface area contributed by atoms with E-state index in [1.165, 1.54) is 11.1 Å². The standard InChI is InChI=1S/C21H27N5O2/c1-14-12-23-19(24-14)13-25(2)20(27)11-18-21(28)22-7-8-26(18)17-9-15-5-3-4-6-16(15)10-17/h3-6,12,17-18H,7-11,13H2,1-2H3,(H,22,28)(H,23,24). The number of amides is 2. The average molecular weight is 381 g/mol. The molecule has 2 heterocycles. The zero-order valence-corrected chi connectivity index (χ0v) is 16.4. The summed E-state index contributed by atoms with van der Waals surface area (Å²) in [5.74, 6) is 0.666. The van der Waals surface area contributed by atoms with Crippen LogP contribution in [0.3, 0.4) is 0 Å². The largest absolute Gasteiger partial charge is 0.353 e. The lowest BCUT2D eigenvalue weighted by molar-refractivity contribution is -0.139. The monoisotopic (exact) mass is 381 g/mol. The van der Waals surface area contributed by atoms with Crippen LogP contribution in [0.1, 0.15) is 29.1 Å². The van der Waals surface area contributed by atoms with Crippen molar-refractivity contribution in [3.8, 4) is 0 Å². The summed E-state index contributed by atoms with van der Waals surface area (Å²) in [5.41, 5.74) is 3.68. The Kier molecular flexibility index (Phi) is 5.17. The number of hydrogen-bond donors (Lipinski definition) is 2. The van der Waals surface area contributed by atoms with Crippen LogP contribution in [0.15, 0.2) is 30.5 Å². The predicted molar refractivity (Wildman–Crippen MR) is 106 cm³/mol. The van der Waals surface area contributed by atoms with Gasteiger partial charge in [0.2, 0.25) is 11.8 Å². The van der Waals surface area contributed by atoms with Crippen LogP contribution >= 0.6 is 0 Å². The first-order valence-corrected chi connectivity index (χ1v) is 9.86. The number of carbonyl (C=O) groups excluding carboxylic acids is 2. The van der Waals surface area contributed by atoms with Gasteiger partial charge < -0.3 is 15.2 Å². The summed E-state index contributed by atoms with van der Waals surface area (Å²) >= 11 is 0. The molecule has 1 aromatic heterocycles. The van der Waals surface area contributed by atoms with E-state index >= 15 is 0 Å². The molecule has 0 bridgehead atoms. The fourth-order valence-electron chi connectivity index (χ4n) is 4.33. The summed E-state index contributed by atoms with van der Waals surface area (Å²) in [5, 5.41) is 2.93. The van der Waals surface area contributed by atoms with E-state index in [0.717, 1.165) is 30.9 Å². The van der Waals surface area contributed by atoms with Crippen molar-refractivity contribution in [3.63, 3.8) is 0 Å². The van der Waals surface area contributed by atoms with E-state index in [2.05, 4.69) is 44.5 Å². The fourth-order valence-corrected chi connectivity index (χ4v) is 4.33. The summed E-state index contributed by atoms with van der Waals surface area (Å²) in [6, 6.07) is 8.32. The normalized spacial score (nSPS) is 20.1. The van der Waals surface area contributed by atoms with Crippen molar-refractivity contribution in [2.24, 2.45) is 0 Å². The van der Waals surface area contributed by atoms with E-state index in [-0.39, 0.29) is 24.3 Å². The second kappa shape index (κ2) is 7.75. The number of aromatic amines is 1. The number of hydrogen-bond acceptors (Lipinski definition) is 4. The third-order valence-corrected chi connectivity index (χ3v) is 5.81. The van der Waals surface area contributed by atoms with E-state index in [1.54, 1.807) is 18.1 Å². The number of nitrogens with one attached hydrogen (secondary N) is 2. The molecule has 4 rings (SSSR count). The molecule has 7 nitrogen and oxygen atoms in total. The number of piperazine rings is 1. The van der Waals surface area contributed by atoms with Crippen molar-refractivity contribution in [3.05, 3.63) is 53.1 Å². The molecule has 1 saturated heterocycles.